The van der Waals surface area contributed by atoms with Gasteiger partial charge in [0.05, 0.1) is 0 Å². The van der Waals surface area contributed by atoms with Crippen molar-refractivity contribution < 1.29 is 9.53 Å². The molecule has 0 saturated carbocycles. The Labute approximate surface area is 135 Å². The molecule has 0 aliphatic rings. The smallest absolute Gasteiger partial charge is 0.306 e. The Bertz CT molecular complexity index is 464. The fourth-order valence-corrected chi connectivity index (χ4v) is 2.11. The van der Waals surface area contributed by atoms with Crippen LogP contribution in [0.2, 0.25) is 0 Å². The maximum absolute atomic E-state index is 11.6. The number of benzene rings is 1. The molecule has 0 aliphatic carbocycles. The highest BCUT2D eigenvalue weighted by atomic mass is 16.6. The van der Waals surface area contributed by atoms with E-state index in [1.165, 1.54) is 11.1 Å². The van der Waals surface area contributed by atoms with Gasteiger partial charge in [0, 0.05) is 13.0 Å². The highest BCUT2D eigenvalue weighted by Gasteiger charge is 2.15. The van der Waals surface area contributed by atoms with E-state index in [4.69, 9.17) is 4.74 Å². The van der Waals surface area contributed by atoms with Crippen molar-refractivity contribution in [1.82, 2.24) is 5.32 Å². The van der Waals surface area contributed by atoms with Crippen molar-refractivity contribution in [1.29, 1.82) is 0 Å². The van der Waals surface area contributed by atoms with Crippen LogP contribution in [0.5, 0.6) is 0 Å². The third-order valence-corrected chi connectivity index (χ3v) is 3.30. The molecule has 0 spiro atoms. The summed E-state index contributed by atoms with van der Waals surface area (Å²) in [6.45, 7) is 14.0. The first kappa shape index (κ1) is 18.7. The van der Waals surface area contributed by atoms with Crippen LogP contribution in [0.3, 0.4) is 0 Å². The summed E-state index contributed by atoms with van der Waals surface area (Å²) in [5, 5.41) is 3.37. The standard InChI is InChI=1S/C19H31NO2/c1-18(2,3)16-11-9-15(10-12-16)14-20-13-7-8-17(21)22-19(4,5)6/h9-12,20H,7-8,13-14H2,1-6H3. The molecule has 1 rings (SSSR count). The molecule has 0 aliphatic heterocycles. The van der Waals surface area contributed by atoms with Gasteiger partial charge >= 0.3 is 5.97 Å². The Hall–Kier alpha value is -1.35. The predicted octanol–water partition coefficient (Wildman–Crippen LogP) is 4.20. The van der Waals surface area contributed by atoms with Crippen LogP contribution in [0.25, 0.3) is 0 Å². The summed E-state index contributed by atoms with van der Waals surface area (Å²) in [4.78, 5) is 11.6. The molecule has 124 valence electrons. The number of nitrogens with one attached hydrogen (secondary N) is 1. The molecule has 0 aromatic heterocycles. The zero-order chi connectivity index (χ0) is 16.8. The van der Waals surface area contributed by atoms with E-state index in [0.717, 1.165) is 19.5 Å². The Morgan fingerprint density at radius 2 is 1.64 bits per heavy atom. The molecule has 3 nitrogen and oxygen atoms in total. The molecule has 0 radical (unpaired) electrons. The van der Waals surface area contributed by atoms with Gasteiger partial charge in [-0.05, 0) is 50.3 Å². The van der Waals surface area contributed by atoms with Crippen LogP contribution in [0, 0.1) is 0 Å². The van der Waals surface area contributed by atoms with E-state index in [9.17, 15) is 4.79 Å². The summed E-state index contributed by atoms with van der Waals surface area (Å²) in [6, 6.07) is 8.72. The summed E-state index contributed by atoms with van der Waals surface area (Å²) >= 11 is 0. The molecule has 22 heavy (non-hydrogen) atoms. The largest absolute Gasteiger partial charge is 0.460 e. The van der Waals surface area contributed by atoms with Gasteiger partial charge in [-0.2, -0.15) is 0 Å². The number of ether oxygens (including phenoxy) is 1. The van der Waals surface area contributed by atoms with Crippen molar-refractivity contribution in [3.05, 3.63) is 35.4 Å². The maximum atomic E-state index is 11.6. The summed E-state index contributed by atoms with van der Waals surface area (Å²) in [5.41, 5.74) is 2.42. The molecular weight excluding hydrogens is 274 g/mol. The van der Waals surface area contributed by atoms with Gasteiger partial charge in [-0.25, -0.2) is 0 Å². The molecule has 1 N–H and O–H groups in total. The molecule has 3 heteroatoms. The van der Waals surface area contributed by atoms with Gasteiger partial charge in [-0.3, -0.25) is 4.79 Å². The van der Waals surface area contributed by atoms with E-state index >= 15 is 0 Å². The van der Waals surface area contributed by atoms with Crippen molar-refractivity contribution in [3.63, 3.8) is 0 Å². The lowest BCUT2D eigenvalue weighted by Crippen LogP contribution is -2.24. The third kappa shape index (κ3) is 7.60. The van der Waals surface area contributed by atoms with E-state index in [2.05, 4.69) is 50.4 Å². The van der Waals surface area contributed by atoms with E-state index in [0.29, 0.717) is 6.42 Å². The number of carbonyl (C=O) groups excluding carboxylic acids is 1. The number of carbonyl (C=O) groups is 1. The molecule has 0 heterocycles. The SMILES string of the molecule is CC(C)(C)OC(=O)CCCNCc1ccc(C(C)(C)C)cc1. The van der Waals surface area contributed by atoms with Crippen molar-refractivity contribution in [2.45, 2.75) is 71.9 Å². The second kappa shape index (κ2) is 7.77. The lowest BCUT2D eigenvalue weighted by Gasteiger charge is -2.19. The number of esters is 1. The highest BCUT2D eigenvalue weighted by Crippen LogP contribution is 2.22. The number of hydrogen-bond donors (Lipinski definition) is 1. The zero-order valence-electron chi connectivity index (χ0n) is 15.0. The molecule has 1 aromatic carbocycles. The van der Waals surface area contributed by atoms with Gasteiger partial charge in [-0.15, -0.1) is 0 Å². The molecule has 0 unspecified atom stereocenters. The van der Waals surface area contributed by atoms with Crippen molar-refractivity contribution in [2.24, 2.45) is 0 Å². The van der Waals surface area contributed by atoms with Crippen molar-refractivity contribution in [2.75, 3.05) is 6.54 Å². The highest BCUT2D eigenvalue weighted by molar-refractivity contribution is 5.69. The summed E-state index contributed by atoms with van der Waals surface area (Å²) in [5.74, 6) is -0.121. The van der Waals surface area contributed by atoms with E-state index in [1.807, 2.05) is 20.8 Å². The molecule has 0 amide bonds. The maximum Gasteiger partial charge on any atom is 0.306 e. The van der Waals surface area contributed by atoms with Crippen LogP contribution < -0.4 is 5.32 Å². The summed E-state index contributed by atoms with van der Waals surface area (Å²) < 4.78 is 5.28. The zero-order valence-corrected chi connectivity index (χ0v) is 15.0. The minimum Gasteiger partial charge on any atom is -0.460 e. The monoisotopic (exact) mass is 305 g/mol. The van der Waals surface area contributed by atoms with Gasteiger partial charge in [0.25, 0.3) is 0 Å². The van der Waals surface area contributed by atoms with Crippen LogP contribution in [0.15, 0.2) is 24.3 Å². The Kier molecular flexibility index (Phi) is 6.61. The van der Waals surface area contributed by atoms with Gasteiger partial charge in [-0.1, -0.05) is 45.0 Å². The second-order valence-corrected chi connectivity index (χ2v) is 7.81. The molecule has 0 saturated heterocycles. The number of hydrogen-bond acceptors (Lipinski definition) is 3. The summed E-state index contributed by atoms with van der Waals surface area (Å²) in [7, 11) is 0. The topological polar surface area (TPSA) is 38.3 Å². The molecule has 0 fully saturated rings. The van der Waals surface area contributed by atoms with Crippen molar-refractivity contribution in [3.8, 4) is 0 Å². The Morgan fingerprint density at radius 1 is 1.05 bits per heavy atom. The van der Waals surface area contributed by atoms with E-state index < -0.39 is 0 Å². The van der Waals surface area contributed by atoms with Crippen LogP contribution in [0.1, 0.15) is 65.5 Å². The number of rotatable bonds is 6. The molecule has 0 bridgehead atoms. The van der Waals surface area contributed by atoms with Crippen LogP contribution in [-0.2, 0) is 21.5 Å². The van der Waals surface area contributed by atoms with E-state index in [-0.39, 0.29) is 17.0 Å². The fraction of sp³-hybridized carbons (Fsp3) is 0.632. The van der Waals surface area contributed by atoms with Crippen molar-refractivity contribution >= 4 is 5.97 Å². The predicted molar refractivity (Wildman–Crippen MR) is 91.9 cm³/mol. The Morgan fingerprint density at radius 3 is 2.14 bits per heavy atom. The first-order valence-corrected chi connectivity index (χ1v) is 8.10. The fourth-order valence-electron chi connectivity index (χ4n) is 2.11. The minimum atomic E-state index is -0.390. The quantitative estimate of drug-likeness (QED) is 0.632. The van der Waals surface area contributed by atoms with E-state index in [1.54, 1.807) is 0 Å². The second-order valence-electron chi connectivity index (χ2n) is 7.81. The van der Waals surface area contributed by atoms with Crippen LogP contribution in [-0.4, -0.2) is 18.1 Å². The first-order valence-electron chi connectivity index (χ1n) is 8.10. The third-order valence-electron chi connectivity index (χ3n) is 3.30. The normalized spacial score (nSPS) is 12.3. The van der Waals surface area contributed by atoms with Gasteiger partial charge in [0.2, 0.25) is 0 Å². The minimum absolute atomic E-state index is 0.121. The lowest BCUT2D eigenvalue weighted by molar-refractivity contribution is -0.154. The molecule has 1 aromatic rings. The molecule has 0 atom stereocenters. The van der Waals surface area contributed by atoms with Crippen LogP contribution in [0.4, 0.5) is 0 Å². The van der Waals surface area contributed by atoms with Gasteiger partial charge in [0.15, 0.2) is 0 Å². The van der Waals surface area contributed by atoms with Gasteiger partial charge < -0.3 is 10.1 Å². The van der Waals surface area contributed by atoms with Crippen LogP contribution >= 0.6 is 0 Å². The average Bonchev–Trinajstić information content (AvgIpc) is 2.35. The molecular formula is C19H31NO2. The first-order chi connectivity index (χ1) is 10.1. The lowest BCUT2D eigenvalue weighted by atomic mass is 9.87. The average molecular weight is 305 g/mol. The Balaban J connectivity index is 2.24. The van der Waals surface area contributed by atoms with Gasteiger partial charge in [0.1, 0.15) is 5.60 Å². The summed E-state index contributed by atoms with van der Waals surface area (Å²) in [6.07, 6.45) is 1.27.